The van der Waals surface area contributed by atoms with Gasteiger partial charge in [-0.2, -0.15) is 0 Å². The number of hydrogen-bond acceptors (Lipinski definition) is 4. The first-order chi connectivity index (χ1) is 8.63. The average molecular weight is 250 g/mol. The summed E-state index contributed by atoms with van der Waals surface area (Å²) in [5.41, 5.74) is 1.18. The Morgan fingerprint density at radius 3 is 2.39 bits per heavy atom. The number of rotatable bonds is 6. The Hall–Kier alpha value is -1.84. The van der Waals surface area contributed by atoms with Crippen molar-refractivity contribution in [3.05, 3.63) is 29.3 Å². The van der Waals surface area contributed by atoms with Crippen LogP contribution in [0.5, 0.6) is 5.75 Å². The van der Waals surface area contributed by atoms with Gasteiger partial charge in [0.1, 0.15) is 5.75 Å². The van der Waals surface area contributed by atoms with Gasteiger partial charge >= 0.3 is 5.97 Å². The van der Waals surface area contributed by atoms with Crippen LogP contribution < -0.4 is 4.74 Å². The molecule has 1 aromatic carbocycles. The fraction of sp³-hybridized carbons (Fsp3) is 0.429. The Kier molecular flexibility index (Phi) is 5.36. The number of carbonyl (C=O) groups excluding carboxylic acids is 2. The second kappa shape index (κ2) is 6.79. The molecule has 0 aliphatic carbocycles. The second-order valence-electron chi connectivity index (χ2n) is 3.66. The molecular weight excluding hydrogens is 232 g/mol. The van der Waals surface area contributed by atoms with Gasteiger partial charge in [0, 0.05) is 5.56 Å². The third-order valence-corrected chi connectivity index (χ3v) is 2.47. The molecule has 0 aromatic heterocycles. The van der Waals surface area contributed by atoms with Crippen molar-refractivity contribution < 1.29 is 19.1 Å². The van der Waals surface area contributed by atoms with Crippen LogP contribution in [0.2, 0.25) is 0 Å². The summed E-state index contributed by atoms with van der Waals surface area (Å²) in [6.07, 6.45) is 0.654. The summed E-state index contributed by atoms with van der Waals surface area (Å²) >= 11 is 0. The molecule has 4 heteroatoms. The van der Waals surface area contributed by atoms with Crippen LogP contribution in [0, 0.1) is 0 Å². The van der Waals surface area contributed by atoms with Gasteiger partial charge in [-0.1, -0.05) is 6.92 Å². The van der Waals surface area contributed by atoms with Crippen LogP contribution in [-0.4, -0.2) is 25.0 Å². The summed E-state index contributed by atoms with van der Waals surface area (Å²) in [6.45, 7) is 6.25. The Morgan fingerprint density at radius 2 is 1.83 bits per heavy atom. The maximum absolute atomic E-state index is 11.9. The van der Waals surface area contributed by atoms with Crippen molar-refractivity contribution in [2.45, 2.75) is 27.2 Å². The zero-order chi connectivity index (χ0) is 13.5. The van der Waals surface area contributed by atoms with E-state index in [1.54, 1.807) is 25.1 Å². The Morgan fingerprint density at radius 1 is 1.11 bits per heavy atom. The lowest BCUT2D eigenvalue weighted by atomic mass is 10.0. The molecule has 0 atom stereocenters. The molecule has 0 radical (unpaired) electrons. The average Bonchev–Trinajstić information content (AvgIpc) is 2.38. The third-order valence-electron chi connectivity index (χ3n) is 2.47. The van der Waals surface area contributed by atoms with Crippen LogP contribution in [-0.2, 0) is 16.0 Å². The summed E-state index contributed by atoms with van der Waals surface area (Å²) < 4.78 is 10.1. The van der Waals surface area contributed by atoms with Gasteiger partial charge in [-0.3, -0.25) is 4.79 Å². The van der Waals surface area contributed by atoms with E-state index in [0.717, 1.165) is 5.56 Å². The van der Waals surface area contributed by atoms with E-state index in [0.29, 0.717) is 24.3 Å². The summed E-state index contributed by atoms with van der Waals surface area (Å²) in [6, 6.07) is 5.09. The molecule has 4 nitrogen and oxygen atoms in total. The summed E-state index contributed by atoms with van der Waals surface area (Å²) in [4.78, 5) is 23.3. The summed E-state index contributed by atoms with van der Waals surface area (Å²) in [7, 11) is 0. The number of Topliss-reactive ketones (excluding diaryl/α,β-unsaturated/α-hetero) is 1. The van der Waals surface area contributed by atoms with Crippen molar-refractivity contribution >= 4 is 11.8 Å². The highest BCUT2D eigenvalue weighted by Crippen LogP contribution is 2.19. The molecule has 0 spiro atoms. The van der Waals surface area contributed by atoms with Crippen molar-refractivity contribution in [1.82, 2.24) is 0 Å². The molecule has 98 valence electrons. The van der Waals surface area contributed by atoms with Crippen molar-refractivity contribution in [3.8, 4) is 5.75 Å². The summed E-state index contributed by atoms with van der Waals surface area (Å²) in [5.74, 6) is -0.706. The van der Waals surface area contributed by atoms with Gasteiger partial charge in [0.15, 0.2) is 0 Å². The minimum Gasteiger partial charge on any atom is -0.494 e. The topological polar surface area (TPSA) is 52.6 Å². The Labute approximate surface area is 107 Å². The van der Waals surface area contributed by atoms with Crippen molar-refractivity contribution in [3.63, 3.8) is 0 Å². The van der Waals surface area contributed by atoms with Crippen LogP contribution in [0.25, 0.3) is 0 Å². The number of ether oxygens (including phenoxy) is 2. The molecular formula is C14H18O4. The number of benzene rings is 1. The molecule has 0 heterocycles. The monoisotopic (exact) mass is 250 g/mol. The van der Waals surface area contributed by atoms with Crippen LogP contribution in [0.3, 0.4) is 0 Å². The standard InChI is InChI=1S/C14H18O4/c1-4-10-9-11(17-5-2)7-8-12(10)13(15)14(16)18-6-3/h7-9H,4-6H2,1-3H3. The van der Waals surface area contributed by atoms with E-state index in [1.165, 1.54) is 0 Å². The SMILES string of the molecule is CCOC(=O)C(=O)c1ccc(OCC)cc1CC. The first-order valence-corrected chi connectivity index (χ1v) is 6.11. The van der Waals surface area contributed by atoms with E-state index in [-0.39, 0.29) is 6.61 Å². The predicted octanol–water partition coefficient (Wildman–Crippen LogP) is 2.39. The van der Waals surface area contributed by atoms with E-state index < -0.39 is 11.8 Å². The van der Waals surface area contributed by atoms with Gasteiger partial charge in [0.25, 0.3) is 5.78 Å². The molecule has 0 aliphatic rings. The van der Waals surface area contributed by atoms with Crippen LogP contribution >= 0.6 is 0 Å². The number of hydrogen-bond donors (Lipinski definition) is 0. The number of carbonyl (C=O) groups is 2. The Bertz CT molecular complexity index is 437. The maximum Gasteiger partial charge on any atom is 0.379 e. The quantitative estimate of drug-likeness (QED) is 0.442. The van der Waals surface area contributed by atoms with Crippen LogP contribution in [0.4, 0.5) is 0 Å². The third kappa shape index (κ3) is 3.32. The second-order valence-corrected chi connectivity index (χ2v) is 3.66. The van der Waals surface area contributed by atoms with Crippen molar-refractivity contribution in [2.24, 2.45) is 0 Å². The molecule has 0 unspecified atom stereocenters. The molecule has 0 aliphatic heterocycles. The molecule has 0 bridgehead atoms. The normalized spacial score (nSPS) is 9.94. The first kappa shape index (κ1) is 14.2. The van der Waals surface area contributed by atoms with E-state index >= 15 is 0 Å². The minimum atomic E-state index is -0.809. The van der Waals surface area contributed by atoms with Crippen molar-refractivity contribution in [1.29, 1.82) is 0 Å². The number of aryl methyl sites for hydroxylation is 1. The van der Waals surface area contributed by atoms with Crippen molar-refractivity contribution in [2.75, 3.05) is 13.2 Å². The molecule has 0 N–H and O–H groups in total. The fourth-order valence-electron chi connectivity index (χ4n) is 1.65. The molecule has 18 heavy (non-hydrogen) atoms. The highest BCUT2D eigenvalue weighted by atomic mass is 16.5. The van der Waals surface area contributed by atoms with Crippen LogP contribution in [0.1, 0.15) is 36.7 Å². The van der Waals surface area contributed by atoms with Gasteiger partial charge < -0.3 is 9.47 Å². The van der Waals surface area contributed by atoms with Gasteiger partial charge in [0.2, 0.25) is 0 Å². The highest BCUT2D eigenvalue weighted by Gasteiger charge is 2.20. The molecule has 1 rings (SSSR count). The van der Waals surface area contributed by atoms with Crippen LogP contribution in [0.15, 0.2) is 18.2 Å². The highest BCUT2D eigenvalue weighted by molar-refractivity contribution is 6.41. The smallest absolute Gasteiger partial charge is 0.379 e. The van der Waals surface area contributed by atoms with Gasteiger partial charge in [-0.15, -0.1) is 0 Å². The molecule has 1 aromatic rings. The van der Waals surface area contributed by atoms with E-state index in [9.17, 15) is 9.59 Å². The number of esters is 1. The first-order valence-electron chi connectivity index (χ1n) is 6.11. The van der Waals surface area contributed by atoms with Gasteiger partial charge in [-0.25, -0.2) is 4.79 Å². The zero-order valence-electron chi connectivity index (χ0n) is 11.0. The molecule has 0 saturated heterocycles. The van der Waals surface area contributed by atoms with E-state index in [4.69, 9.17) is 9.47 Å². The maximum atomic E-state index is 11.9. The van der Waals surface area contributed by atoms with Gasteiger partial charge in [0.05, 0.1) is 13.2 Å². The largest absolute Gasteiger partial charge is 0.494 e. The molecule has 0 saturated carbocycles. The lowest BCUT2D eigenvalue weighted by molar-refractivity contribution is -0.137. The molecule has 0 amide bonds. The zero-order valence-corrected chi connectivity index (χ0v) is 11.0. The fourth-order valence-corrected chi connectivity index (χ4v) is 1.65. The lowest BCUT2D eigenvalue weighted by Crippen LogP contribution is -2.19. The Balaban J connectivity index is 3.01. The minimum absolute atomic E-state index is 0.197. The predicted molar refractivity (Wildman–Crippen MR) is 68.0 cm³/mol. The number of ketones is 1. The van der Waals surface area contributed by atoms with Gasteiger partial charge in [-0.05, 0) is 44.0 Å². The van der Waals surface area contributed by atoms with E-state index in [2.05, 4.69) is 0 Å². The van der Waals surface area contributed by atoms with E-state index in [1.807, 2.05) is 13.8 Å². The summed E-state index contributed by atoms with van der Waals surface area (Å²) in [5, 5.41) is 0. The lowest BCUT2D eigenvalue weighted by Gasteiger charge is -2.09. The molecule has 0 fully saturated rings.